The highest BCUT2D eigenvalue weighted by molar-refractivity contribution is 8.07. The Bertz CT molecular complexity index is 985. The van der Waals surface area contributed by atoms with Crippen LogP contribution >= 0.6 is 11.8 Å². The maximum Gasteiger partial charge on any atom is 0.135 e. The zero-order valence-corrected chi connectivity index (χ0v) is 20.6. The Morgan fingerprint density at radius 3 is 2.72 bits per heavy atom. The number of fused-ring (bicyclic) bond motifs is 1. The molecule has 0 bridgehead atoms. The molecule has 0 fully saturated rings. The Kier molecular flexibility index (Phi) is 11.1. The van der Waals surface area contributed by atoms with Gasteiger partial charge >= 0.3 is 0 Å². The highest BCUT2D eigenvalue weighted by Gasteiger charge is 2.17. The molecule has 0 saturated heterocycles. The summed E-state index contributed by atoms with van der Waals surface area (Å²) in [4.78, 5) is 9.54. The molecule has 32 heavy (non-hydrogen) atoms. The van der Waals surface area contributed by atoms with Gasteiger partial charge in [-0.25, -0.2) is 5.48 Å². The van der Waals surface area contributed by atoms with E-state index in [1.54, 1.807) is 25.9 Å². The van der Waals surface area contributed by atoms with Crippen molar-refractivity contribution in [1.29, 1.82) is 0 Å². The largest absolute Gasteiger partial charge is 0.490 e. The Labute approximate surface area is 197 Å². The molecule has 0 unspecified atom stereocenters. The lowest BCUT2D eigenvalue weighted by Gasteiger charge is -2.14. The fraction of sp³-hybridized carbons (Fsp3) is 0.370. The highest BCUT2D eigenvalue weighted by Crippen LogP contribution is 2.37. The van der Waals surface area contributed by atoms with Gasteiger partial charge in [0.2, 0.25) is 0 Å². The number of thioether (sulfide) groups is 1. The van der Waals surface area contributed by atoms with Crippen molar-refractivity contribution in [2.24, 2.45) is 4.99 Å². The van der Waals surface area contributed by atoms with Crippen molar-refractivity contribution in [3.8, 4) is 17.6 Å². The van der Waals surface area contributed by atoms with E-state index < -0.39 is 0 Å². The molecule has 0 heterocycles. The van der Waals surface area contributed by atoms with Crippen molar-refractivity contribution < 1.29 is 9.57 Å². The summed E-state index contributed by atoms with van der Waals surface area (Å²) in [5.74, 6) is 7.87. The van der Waals surface area contributed by atoms with E-state index in [9.17, 15) is 0 Å². The van der Waals surface area contributed by atoms with Gasteiger partial charge in [-0.1, -0.05) is 30.2 Å². The molecule has 0 aromatic heterocycles. The summed E-state index contributed by atoms with van der Waals surface area (Å²) < 4.78 is 5.89. The van der Waals surface area contributed by atoms with Crippen molar-refractivity contribution >= 4 is 23.4 Å². The molecular formula is C27H34N2O2S. The van der Waals surface area contributed by atoms with E-state index in [1.807, 2.05) is 33.0 Å². The lowest BCUT2D eigenvalue weighted by molar-refractivity contribution is 0.112. The number of ether oxygens (including phenoxy) is 1. The summed E-state index contributed by atoms with van der Waals surface area (Å²) in [6, 6.07) is 12.9. The van der Waals surface area contributed by atoms with E-state index in [0.717, 1.165) is 23.5 Å². The van der Waals surface area contributed by atoms with Gasteiger partial charge in [-0.3, -0.25) is 4.99 Å². The first-order valence-corrected chi connectivity index (χ1v) is 11.8. The molecule has 4 nitrogen and oxygen atoms in total. The first kappa shape index (κ1) is 25.7. The van der Waals surface area contributed by atoms with Crippen LogP contribution in [0.3, 0.4) is 0 Å². The Balaban J connectivity index is 0.000000837. The third-order valence-electron chi connectivity index (χ3n) is 4.88. The summed E-state index contributed by atoms with van der Waals surface area (Å²) in [6.07, 6.45) is 5.59. The van der Waals surface area contributed by atoms with Gasteiger partial charge in [0, 0.05) is 23.9 Å². The molecule has 0 aliphatic heterocycles. The molecule has 1 aliphatic rings. The van der Waals surface area contributed by atoms with Gasteiger partial charge in [0.15, 0.2) is 0 Å². The van der Waals surface area contributed by atoms with Crippen LogP contribution in [0.4, 0.5) is 0 Å². The number of hydroxylamine groups is 1. The van der Waals surface area contributed by atoms with Gasteiger partial charge in [-0.2, -0.15) is 0 Å². The van der Waals surface area contributed by atoms with Crippen LogP contribution in [0.1, 0.15) is 55.0 Å². The van der Waals surface area contributed by atoms with Gasteiger partial charge in [-0.05, 0) is 81.1 Å². The molecule has 2 aromatic carbocycles. The third-order valence-corrected chi connectivity index (χ3v) is 6.00. The maximum atomic E-state index is 5.89. The van der Waals surface area contributed by atoms with Gasteiger partial charge in [-0.15, -0.1) is 17.7 Å². The number of nitrogens with one attached hydrogen (secondary N) is 1. The Morgan fingerprint density at radius 2 is 2.06 bits per heavy atom. The smallest absolute Gasteiger partial charge is 0.135 e. The number of nitrogens with zero attached hydrogens (tertiary/aromatic N) is 1. The van der Waals surface area contributed by atoms with Crippen LogP contribution in [0, 0.1) is 11.8 Å². The standard InChI is InChI=1S/C25H27NOS.C2H7NO/c1-5-8-21-15-19(13-14-24(21)27-18(2)3)17-28-25(16-26-4)23-12-7-10-20-9-6-11-22(20)23;1-3-4-2/h7,10,12-16,18H,4,6,9,11,17H2,1-3H3;3H,1-2H3/b25-16-;. The zero-order chi connectivity index (χ0) is 23.3. The summed E-state index contributed by atoms with van der Waals surface area (Å²) in [6.45, 7) is 9.60. The van der Waals surface area contributed by atoms with Crippen LogP contribution < -0.4 is 10.2 Å². The fourth-order valence-electron chi connectivity index (χ4n) is 3.54. The summed E-state index contributed by atoms with van der Waals surface area (Å²) >= 11 is 1.80. The maximum absolute atomic E-state index is 5.89. The van der Waals surface area contributed by atoms with Crippen LogP contribution in [0.15, 0.2) is 47.6 Å². The monoisotopic (exact) mass is 450 g/mol. The zero-order valence-electron chi connectivity index (χ0n) is 19.8. The molecule has 0 spiro atoms. The quantitative estimate of drug-likeness (QED) is 0.303. The molecule has 0 amide bonds. The van der Waals surface area contributed by atoms with Crippen molar-refractivity contribution in [2.75, 3.05) is 14.2 Å². The van der Waals surface area contributed by atoms with Crippen molar-refractivity contribution in [2.45, 2.75) is 51.9 Å². The van der Waals surface area contributed by atoms with Gasteiger partial charge in [0.05, 0.1) is 18.8 Å². The van der Waals surface area contributed by atoms with E-state index in [0.29, 0.717) is 0 Å². The second-order valence-corrected chi connectivity index (χ2v) is 8.56. The van der Waals surface area contributed by atoms with Crippen LogP contribution in [-0.4, -0.2) is 27.0 Å². The number of benzene rings is 2. The first-order valence-electron chi connectivity index (χ1n) is 10.9. The number of aryl methyl sites for hydroxylation is 1. The minimum absolute atomic E-state index is 0.131. The SMILES string of the molecule is C=N/C=C(\SCc1ccc(OC(C)C)c(C#CC)c1)c1cccc2c1CCC2.CNOC. The fourth-order valence-corrected chi connectivity index (χ4v) is 4.53. The molecule has 0 atom stereocenters. The van der Waals surface area contributed by atoms with Crippen LogP contribution in [-0.2, 0) is 23.4 Å². The van der Waals surface area contributed by atoms with E-state index in [-0.39, 0.29) is 6.10 Å². The van der Waals surface area contributed by atoms with Gasteiger partial charge in [0.25, 0.3) is 0 Å². The van der Waals surface area contributed by atoms with Gasteiger partial charge in [0.1, 0.15) is 5.75 Å². The lowest BCUT2D eigenvalue weighted by Crippen LogP contribution is -2.07. The summed E-state index contributed by atoms with van der Waals surface area (Å²) in [7, 11) is 3.28. The topological polar surface area (TPSA) is 42.8 Å². The predicted octanol–water partition coefficient (Wildman–Crippen LogP) is 6.03. The molecule has 3 rings (SSSR count). The van der Waals surface area contributed by atoms with E-state index in [2.05, 4.69) is 64.2 Å². The molecule has 170 valence electrons. The molecule has 2 aromatic rings. The van der Waals surface area contributed by atoms with E-state index in [4.69, 9.17) is 4.74 Å². The highest BCUT2D eigenvalue weighted by atomic mass is 32.2. The molecule has 0 saturated carbocycles. The minimum Gasteiger partial charge on any atom is -0.490 e. The average molecular weight is 451 g/mol. The van der Waals surface area contributed by atoms with Crippen LogP contribution in [0.2, 0.25) is 0 Å². The van der Waals surface area contributed by atoms with E-state index in [1.165, 1.54) is 40.0 Å². The van der Waals surface area contributed by atoms with Gasteiger partial charge < -0.3 is 9.57 Å². The number of hydrogen-bond donors (Lipinski definition) is 1. The number of aliphatic imine (C=N–C) groups is 1. The van der Waals surface area contributed by atoms with E-state index >= 15 is 0 Å². The molecule has 5 heteroatoms. The molecule has 1 N–H and O–H groups in total. The Morgan fingerprint density at radius 1 is 1.28 bits per heavy atom. The molecular weight excluding hydrogens is 416 g/mol. The molecule has 1 aliphatic carbocycles. The number of rotatable bonds is 8. The normalized spacial score (nSPS) is 12.4. The first-order chi connectivity index (χ1) is 15.5. The second-order valence-electron chi connectivity index (χ2n) is 7.54. The van der Waals surface area contributed by atoms with Crippen LogP contribution in [0.25, 0.3) is 4.91 Å². The Hall–Kier alpha value is -2.52. The lowest BCUT2D eigenvalue weighted by atomic mass is 10.0. The van der Waals surface area contributed by atoms with Crippen molar-refractivity contribution in [1.82, 2.24) is 5.48 Å². The minimum atomic E-state index is 0.131. The summed E-state index contributed by atoms with van der Waals surface area (Å²) in [5.41, 5.74) is 8.86. The van der Waals surface area contributed by atoms with Crippen molar-refractivity contribution in [3.05, 3.63) is 70.4 Å². The average Bonchev–Trinajstić information content (AvgIpc) is 3.27. The van der Waals surface area contributed by atoms with Crippen LogP contribution in [0.5, 0.6) is 5.75 Å². The number of hydrogen-bond acceptors (Lipinski definition) is 5. The van der Waals surface area contributed by atoms with Crippen molar-refractivity contribution in [3.63, 3.8) is 0 Å². The summed E-state index contributed by atoms with van der Waals surface area (Å²) in [5, 5.41) is 0. The molecule has 0 radical (unpaired) electrons. The third kappa shape index (κ3) is 7.56. The second kappa shape index (κ2) is 13.8. The predicted molar refractivity (Wildman–Crippen MR) is 138 cm³/mol.